The van der Waals surface area contributed by atoms with Crippen molar-refractivity contribution in [3.8, 4) is 0 Å². The number of likely N-dealkylation sites (tertiary alicyclic amines) is 1. The van der Waals surface area contributed by atoms with Gasteiger partial charge < -0.3 is 24.5 Å². The van der Waals surface area contributed by atoms with Gasteiger partial charge in [-0.3, -0.25) is 14.4 Å². The van der Waals surface area contributed by atoms with Gasteiger partial charge in [0.25, 0.3) is 0 Å². The van der Waals surface area contributed by atoms with Gasteiger partial charge in [-0.1, -0.05) is 63.3 Å². The molecule has 4 rings (SSSR count). The molecule has 1 aromatic rings. The highest BCUT2D eigenvalue weighted by Crippen LogP contribution is 2.64. The zero-order chi connectivity index (χ0) is 32.0. The molecule has 8 nitrogen and oxygen atoms in total. The third-order valence-corrected chi connectivity index (χ3v) is 9.60. The molecule has 0 aromatic heterocycles. The second-order valence-electron chi connectivity index (χ2n) is 14.8. The predicted octanol–water partition coefficient (Wildman–Crippen LogP) is 4.58. The summed E-state index contributed by atoms with van der Waals surface area (Å²) in [5, 5.41) is 10.3. The fraction of sp³-hybridized carbons (Fsp3) is 0.629. The van der Waals surface area contributed by atoms with Gasteiger partial charge in [-0.25, -0.2) is 0 Å². The molecular weight excluding hydrogens is 542 g/mol. The van der Waals surface area contributed by atoms with Crippen LogP contribution in [0.1, 0.15) is 73.3 Å². The van der Waals surface area contributed by atoms with Gasteiger partial charge in [0.15, 0.2) is 0 Å². The van der Waals surface area contributed by atoms with Crippen molar-refractivity contribution in [2.24, 2.45) is 17.3 Å². The van der Waals surface area contributed by atoms with Crippen molar-refractivity contribution in [2.45, 2.75) is 103 Å². The van der Waals surface area contributed by atoms with Gasteiger partial charge in [-0.05, 0) is 57.9 Å². The zero-order valence-corrected chi connectivity index (χ0v) is 27.1. The van der Waals surface area contributed by atoms with Crippen molar-refractivity contribution in [3.05, 3.63) is 61.2 Å². The molecule has 0 saturated carbocycles. The second kappa shape index (κ2) is 11.8. The van der Waals surface area contributed by atoms with E-state index in [0.717, 1.165) is 12.0 Å². The normalized spacial score (nSPS) is 28.9. The molecule has 1 spiro atoms. The Hall–Kier alpha value is -2.97. The maximum atomic E-state index is 14.8. The van der Waals surface area contributed by atoms with Crippen LogP contribution in [0.3, 0.4) is 0 Å². The molecule has 8 heteroatoms. The fourth-order valence-corrected chi connectivity index (χ4v) is 8.28. The number of aliphatic hydroxyl groups excluding tert-OH is 1. The molecule has 236 valence electrons. The number of hydrogen-bond acceptors (Lipinski definition) is 5. The number of rotatable bonds is 12. The van der Waals surface area contributed by atoms with E-state index in [0.29, 0.717) is 32.5 Å². The lowest BCUT2D eigenvalue weighted by molar-refractivity contribution is -0.159. The molecule has 2 bridgehead atoms. The summed E-state index contributed by atoms with van der Waals surface area (Å²) in [7, 11) is 0. The molecule has 3 aliphatic rings. The number of benzene rings is 1. The van der Waals surface area contributed by atoms with Crippen LogP contribution in [0.5, 0.6) is 0 Å². The van der Waals surface area contributed by atoms with Crippen LogP contribution in [0, 0.1) is 17.3 Å². The Labute approximate surface area is 257 Å². The molecule has 3 amide bonds. The lowest BCUT2D eigenvalue weighted by Crippen LogP contribution is -2.62. The molecular formula is C35H51N3O5. The summed E-state index contributed by atoms with van der Waals surface area (Å²) >= 11 is 0. The zero-order valence-electron chi connectivity index (χ0n) is 27.1. The van der Waals surface area contributed by atoms with Gasteiger partial charge in [-0.15, -0.1) is 13.2 Å². The van der Waals surface area contributed by atoms with E-state index in [1.807, 2.05) is 56.0 Å². The Morgan fingerprint density at radius 1 is 1.09 bits per heavy atom. The molecule has 43 heavy (non-hydrogen) atoms. The molecule has 0 aliphatic carbocycles. The highest BCUT2D eigenvalue weighted by atomic mass is 16.5. The monoisotopic (exact) mass is 593 g/mol. The predicted molar refractivity (Wildman–Crippen MR) is 168 cm³/mol. The molecule has 2 unspecified atom stereocenters. The van der Waals surface area contributed by atoms with Crippen LogP contribution in [0.2, 0.25) is 0 Å². The Balaban J connectivity index is 1.79. The topological polar surface area (TPSA) is 90.4 Å². The van der Waals surface area contributed by atoms with Crippen molar-refractivity contribution >= 4 is 17.7 Å². The Morgan fingerprint density at radius 3 is 2.28 bits per heavy atom. The summed E-state index contributed by atoms with van der Waals surface area (Å²) in [4.78, 5) is 48.9. The molecule has 3 aliphatic heterocycles. The molecule has 0 radical (unpaired) electrons. The number of carbonyl (C=O) groups is 3. The first-order valence-electron chi connectivity index (χ1n) is 15.6. The number of fused-ring (bicyclic) bond motifs is 1. The highest BCUT2D eigenvalue weighted by Gasteiger charge is 2.78. The summed E-state index contributed by atoms with van der Waals surface area (Å²) in [5.74, 6) is -2.30. The van der Waals surface area contributed by atoms with Gasteiger partial charge >= 0.3 is 0 Å². The summed E-state index contributed by atoms with van der Waals surface area (Å²) in [6.45, 7) is 22.7. The average Bonchev–Trinajstić information content (AvgIpc) is 3.50. The standard InChI is InChI=1S/C35H51N3O5/c1-10-19-36(21-25-15-13-12-14-16-25)29(40)26-27-30(41)38(24(3)22-39)28(35(27)18-17-34(26,9)43-35)31(42)37(20-11-2)33(7,8)23-32(4,5)6/h10-16,24,26-28,39H,1-2,17-23H2,3-9H3/t24-,26-,27+,28?,34+,35?/m1/s1. The lowest BCUT2D eigenvalue weighted by Gasteiger charge is -2.46. The van der Waals surface area contributed by atoms with Crippen molar-refractivity contribution in [2.75, 3.05) is 19.7 Å². The summed E-state index contributed by atoms with van der Waals surface area (Å²) < 4.78 is 6.86. The SMILES string of the molecule is C=CCN(Cc1ccccc1)C(=O)[C@H]1[C@H]2C(=O)N([C@H](C)CO)C(C(=O)N(CC=C)C(C)(C)CC(C)(C)C)C23CC[C@]1(C)O3. The van der Waals surface area contributed by atoms with Crippen LogP contribution in [0.4, 0.5) is 0 Å². The smallest absolute Gasteiger partial charge is 0.249 e. The third-order valence-electron chi connectivity index (χ3n) is 9.60. The minimum Gasteiger partial charge on any atom is -0.394 e. The average molecular weight is 594 g/mol. The number of ether oxygens (including phenoxy) is 1. The van der Waals surface area contributed by atoms with Crippen molar-refractivity contribution in [1.82, 2.24) is 14.7 Å². The molecule has 1 aromatic carbocycles. The number of carbonyl (C=O) groups excluding carboxylic acids is 3. The van der Waals surface area contributed by atoms with Gasteiger partial charge in [0.1, 0.15) is 11.6 Å². The third kappa shape index (κ3) is 5.80. The highest BCUT2D eigenvalue weighted by molar-refractivity contribution is 5.99. The quantitative estimate of drug-likeness (QED) is 0.359. The lowest BCUT2D eigenvalue weighted by atomic mass is 9.66. The Bertz CT molecular complexity index is 1240. The fourth-order valence-electron chi connectivity index (χ4n) is 8.28. The van der Waals surface area contributed by atoms with E-state index in [9.17, 15) is 19.5 Å². The first-order chi connectivity index (χ1) is 20.1. The largest absolute Gasteiger partial charge is 0.394 e. The number of nitrogens with zero attached hydrogens (tertiary/aromatic N) is 3. The van der Waals surface area contributed by atoms with Crippen LogP contribution < -0.4 is 0 Å². The van der Waals surface area contributed by atoms with Crippen molar-refractivity contribution in [3.63, 3.8) is 0 Å². The first kappa shape index (κ1) is 32.9. The van der Waals surface area contributed by atoms with Gasteiger partial charge in [-0.2, -0.15) is 0 Å². The van der Waals surface area contributed by atoms with Crippen molar-refractivity contribution < 1.29 is 24.2 Å². The van der Waals surface area contributed by atoms with E-state index in [2.05, 4.69) is 33.9 Å². The summed E-state index contributed by atoms with van der Waals surface area (Å²) in [6.07, 6.45) is 5.17. The van der Waals surface area contributed by atoms with E-state index in [1.165, 1.54) is 4.90 Å². The molecule has 3 saturated heterocycles. The van der Waals surface area contributed by atoms with Gasteiger partial charge in [0.2, 0.25) is 17.7 Å². The van der Waals surface area contributed by atoms with E-state index in [-0.39, 0.29) is 29.7 Å². The van der Waals surface area contributed by atoms with E-state index in [1.54, 1.807) is 24.0 Å². The molecule has 3 fully saturated rings. The van der Waals surface area contributed by atoms with Crippen LogP contribution in [-0.2, 0) is 25.7 Å². The summed E-state index contributed by atoms with van der Waals surface area (Å²) in [6, 6.07) is 8.15. The minimum absolute atomic E-state index is 0.0612. The molecule has 1 N–H and O–H groups in total. The van der Waals surface area contributed by atoms with Crippen LogP contribution in [0.15, 0.2) is 55.6 Å². The maximum Gasteiger partial charge on any atom is 0.249 e. The first-order valence-corrected chi connectivity index (χ1v) is 15.6. The van der Waals surface area contributed by atoms with Gasteiger partial charge in [0, 0.05) is 25.2 Å². The minimum atomic E-state index is -1.17. The Morgan fingerprint density at radius 2 is 1.72 bits per heavy atom. The van der Waals surface area contributed by atoms with Gasteiger partial charge in [0.05, 0.1) is 30.1 Å². The van der Waals surface area contributed by atoms with Crippen LogP contribution in [0.25, 0.3) is 0 Å². The number of aliphatic hydroxyl groups is 1. The molecule has 3 heterocycles. The Kier molecular flexibility index (Phi) is 9.07. The molecule has 6 atom stereocenters. The van der Waals surface area contributed by atoms with E-state index < -0.39 is 40.7 Å². The summed E-state index contributed by atoms with van der Waals surface area (Å²) in [5.41, 5.74) is -1.71. The van der Waals surface area contributed by atoms with E-state index >= 15 is 0 Å². The van der Waals surface area contributed by atoms with Crippen LogP contribution in [-0.4, -0.2) is 86.0 Å². The van der Waals surface area contributed by atoms with Crippen molar-refractivity contribution in [1.29, 1.82) is 0 Å². The van der Waals surface area contributed by atoms with Crippen LogP contribution >= 0.6 is 0 Å². The second-order valence-corrected chi connectivity index (χ2v) is 14.8. The maximum absolute atomic E-state index is 14.8. The number of amides is 3. The number of hydrogen-bond donors (Lipinski definition) is 1. The van der Waals surface area contributed by atoms with E-state index in [4.69, 9.17) is 4.74 Å².